The van der Waals surface area contributed by atoms with E-state index in [0.29, 0.717) is 6.54 Å². The van der Waals surface area contributed by atoms with Crippen molar-refractivity contribution in [2.24, 2.45) is 0 Å². The third kappa shape index (κ3) is 4.47. The molecule has 0 radical (unpaired) electrons. The van der Waals surface area contributed by atoms with Crippen LogP contribution in [0.25, 0.3) is 0 Å². The average Bonchev–Trinajstić information content (AvgIpc) is 2.18. The third-order valence-corrected chi connectivity index (χ3v) is 2.67. The van der Waals surface area contributed by atoms with Gasteiger partial charge in [-0.3, -0.25) is 4.79 Å². The second-order valence-corrected chi connectivity index (χ2v) is 4.67. The molecule has 0 unspecified atom stereocenters. The van der Waals surface area contributed by atoms with Gasteiger partial charge >= 0.3 is 0 Å². The number of nitrogens with one attached hydrogen (secondary N) is 1. The zero-order chi connectivity index (χ0) is 11.3. The van der Waals surface area contributed by atoms with E-state index in [1.165, 1.54) is 45.1 Å². The molecule has 1 amide bonds. The molecule has 0 heterocycles. The molecule has 3 heteroatoms. The average molecular weight is 211 g/mol. The quantitative estimate of drug-likeness (QED) is 0.696. The summed E-state index contributed by atoms with van der Waals surface area (Å²) in [5, 5.41) is 12.1. The number of hydrogen-bond acceptors (Lipinski definition) is 2. The molecule has 3 nitrogen and oxygen atoms in total. The molecule has 0 aliphatic heterocycles. The lowest BCUT2D eigenvalue weighted by molar-refractivity contribution is -0.136. The van der Waals surface area contributed by atoms with Crippen LogP contribution in [0.1, 0.15) is 46.0 Å². The van der Waals surface area contributed by atoms with E-state index in [1.807, 2.05) is 0 Å². The Labute approximate surface area is 91.6 Å². The summed E-state index contributed by atoms with van der Waals surface area (Å²) in [6, 6.07) is 0. The van der Waals surface area contributed by atoms with Crippen LogP contribution < -0.4 is 5.32 Å². The van der Waals surface area contributed by atoms with Crippen molar-refractivity contribution in [1.82, 2.24) is 5.32 Å². The molecule has 0 saturated carbocycles. The minimum absolute atomic E-state index is 0.293. The molecule has 1 aliphatic rings. The molecule has 0 fully saturated rings. The Bertz CT molecular complexity index is 251. The van der Waals surface area contributed by atoms with Gasteiger partial charge in [0.05, 0.1) is 0 Å². The Balaban J connectivity index is 2.21. The summed E-state index contributed by atoms with van der Waals surface area (Å²) in [5.41, 5.74) is 0.179. The van der Waals surface area contributed by atoms with Gasteiger partial charge in [0.15, 0.2) is 0 Å². The van der Waals surface area contributed by atoms with Gasteiger partial charge in [-0.25, -0.2) is 0 Å². The number of aliphatic hydroxyl groups is 1. The van der Waals surface area contributed by atoms with Gasteiger partial charge in [0.1, 0.15) is 5.60 Å². The molecule has 0 bridgehead atoms. The molecule has 0 saturated heterocycles. The van der Waals surface area contributed by atoms with Crippen molar-refractivity contribution < 1.29 is 9.90 Å². The fourth-order valence-electron chi connectivity index (χ4n) is 1.68. The van der Waals surface area contributed by atoms with Crippen molar-refractivity contribution in [3.05, 3.63) is 11.6 Å². The van der Waals surface area contributed by atoms with Crippen LogP contribution in [-0.4, -0.2) is 23.2 Å². The molecule has 2 N–H and O–H groups in total. The van der Waals surface area contributed by atoms with Crippen LogP contribution in [0.5, 0.6) is 0 Å². The fourth-order valence-corrected chi connectivity index (χ4v) is 1.68. The summed E-state index contributed by atoms with van der Waals surface area (Å²) in [4.78, 5) is 11.3. The first-order valence-electron chi connectivity index (χ1n) is 5.69. The monoisotopic (exact) mass is 211 g/mol. The van der Waals surface area contributed by atoms with Crippen LogP contribution >= 0.6 is 0 Å². The van der Waals surface area contributed by atoms with Gasteiger partial charge in [-0.2, -0.15) is 0 Å². The van der Waals surface area contributed by atoms with Crippen LogP contribution in [-0.2, 0) is 4.79 Å². The largest absolute Gasteiger partial charge is 0.381 e. The van der Waals surface area contributed by atoms with Crippen LogP contribution in [0.3, 0.4) is 0 Å². The zero-order valence-electron chi connectivity index (χ0n) is 9.68. The van der Waals surface area contributed by atoms with E-state index < -0.39 is 5.60 Å². The summed E-state index contributed by atoms with van der Waals surface area (Å²) < 4.78 is 0. The highest BCUT2D eigenvalue weighted by Crippen LogP contribution is 2.19. The third-order valence-electron chi connectivity index (χ3n) is 2.67. The van der Waals surface area contributed by atoms with Crippen molar-refractivity contribution in [3.8, 4) is 0 Å². The predicted octanol–water partition coefficient (Wildman–Crippen LogP) is 1.76. The summed E-state index contributed by atoms with van der Waals surface area (Å²) >= 11 is 0. The number of rotatable bonds is 4. The van der Waals surface area contributed by atoms with E-state index >= 15 is 0 Å². The van der Waals surface area contributed by atoms with E-state index in [4.69, 9.17) is 0 Å². The number of carbonyl (C=O) groups excluding carboxylic acids is 1. The van der Waals surface area contributed by atoms with Gasteiger partial charge in [-0.15, -0.1) is 0 Å². The first kappa shape index (κ1) is 12.2. The van der Waals surface area contributed by atoms with E-state index in [1.54, 1.807) is 0 Å². The van der Waals surface area contributed by atoms with Gasteiger partial charge in [0, 0.05) is 6.54 Å². The second kappa shape index (κ2) is 5.31. The van der Waals surface area contributed by atoms with Crippen molar-refractivity contribution in [3.63, 3.8) is 0 Å². The SMILES string of the molecule is CC(C)(O)C(=O)NCCC1=CCCCC1. The van der Waals surface area contributed by atoms with Gasteiger partial charge < -0.3 is 10.4 Å². The molecule has 0 aromatic rings. The Kier molecular flexibility index (Phi) is 4.33. The second-order valence-electron chi connectivity index (χ2n) is 4.67. The van der Waals surface area contributed by atoms with Crippen molar-refractivity contribution in [2.75, 3.05) is 6.54 Å². The minimum Gasteiger partial charge on any atom is -0.381 e. The first-order chi connectivity index (χ1) is 7.00. The van der Waals surface area contributed by atoms with Gasteiger partial charge in [0.25, 0.3) is 5.91 Å². The number of allylic oxidation sites excluding steroid dienone is 1. The molecule has 1 rings (SSSR count). The first-order valence-corrected chi connectivity index (χ1v) is 5.69. The van der Waals surface area contributed by atoms with E-state index in [0.717, 1.165) is 6.42 Å². The Hall–Kier alpha value is -0.830. The van der Waals surface area contributed by atoms with Crippen molar-refractivity contribution in [1.29, 1.82) is 0 Å². The lowest BCUT2D eigenvalue weighted by Crippen LogP contribution is -2.42. The fraction of sp³-hybridized carbons (Fsp3) is 0.750. The van der Waals surface area contributed by atoms with Gasteiger partial charge in [0.2, 0.25) is 0 Å². The highest BCUT2D eigenvalue weighted by atomic mass is 16.3. The predicted molar refractivity (Wildman–Crippen MR) is 60.5 cm³/mol. The molecule has 86 valence electrons. The highest BCUT2D eigenvalue weighted by molar-refractivity contribution is 5.83. The summed E-state index contributed by atoms with van der Waals surface area (Å²) in [6.45, 7) is 3.64. The summed E-state index contributed by atoms with van der Waals surface area (Å²) in [7, 11) is 0. The summed E-state index contributed by atoms with van der Waals surface area (Å²) in [6.07, 6.45) is 8.10. The molecule has 0 atom stereocenters. The maximum absolute atomic E-state index is 11.3. The van der Waals surface area contributed by atoms with Gasteiger partial charge in [-0.1, -0.05) is 11.6 Å². The molecular weight excluding hydrogens is 190 g/mol. The van der Waals surface area contributed by atoms with E-state index in [9.17, 15) is 9.90 Å². The molecular formula is C12H21NO2. The lowest BCUT2D eigenvalue weighted by Gasteiger charge is -2.18. The number of hydrogen-bond donors (Lipinski definition) is 2. The van der Waals surface area contributed by atoms with Crippen LogP contribution in [0.15, 0.2) is 11.6 Å². The smallest absolute Gasteiger partial charge is 0.251 e. The summed E-state index contributed by atoms with van der Waals surface area (Å²) in [5.74, 6) is -0.293. The lowest BCUT2D eigenvalue weighted by atomic mass is 9.97. The van der Waals surface area contributed by atoms with Crippen LogP contribution in [0.2, 0.25) is 0 Å². The molecule has 0 spiro atoms. The Morgan fingerprint density at radius 2 is 2.27 bits per heavy atom. The van der Waals surface area contributed by atoms with E-state index in [-0.39, 0.29) is 5.91 Å². The van der Waals surface area contributed by atoms with Gasteiger partial charge in [-0.05, 0) is 46.0 Å². The zero-order valence-corrected chi connectivity index (χ0v) is 9.68. The minimum atomic E-state index is -1.26. The Morgan fingerprint density at radius 3 is 2.80 bits per heavy atom. The highest BCUT2D eigenvalue weighted by Gasteiger charge is 2.22. The van der Waals surface area contributed by atoms with Crippen LogP contribution in [0.4, 0.5) is 0 Å². The Morgan fingerprint density at radius 1 is 1.53 bits per heavy atom. The maximum atomic E-state index is 11.3. The molecule has 0 aromatic carbocycles. The van der Waals surface area contributed by atoms with Crippen LogP contribution in [0, 0.1) is 0 Å². The molecule has 1 aliphatic carbocycles. The number of carbonyl (C=O) groups is 1. The topological polar surface area (TPSA) is 49.3 Å². The number of amides is 1. The standard InChI is InChI=1S/C12H21NO2/c1-12(2,15)11(14)13-9-8-10-6-4-3-5-7-10/h6,15H,3-5,7-9H2,1-2H3,(H,13,14). The van der Waals surface area contributed by atoms with E-state index in [2.05, 4.69) is 11.4 Å². The maximum Gasteiger partial charge on any atom is 0.251 e. The normalized spacial score (nSPS) is 17.1. The molecule has 15 heavy (non-hydrogen) atoms. The van der Waals surface area contributed by atoms with Crippen molar-refractivity contribution in [2.45, 2.75) is 51.6 Å². The van der Waals surface area contributed by atoms with Crippen molar-refractivity contribution >= 4 is 5.91 Å². The molecule has 0 aromatic heterocycles.